The average molecular weight is 450 g/mol. The van der Waals surface area contributed by atoms with E-state index in [0.717, 1.165) is 18.4 Å². The topological polar surface area (TPSA) is 168 Å². The fourth-order valence-electron chi connectivity index (χ4n) is 2.30. The zero-order valence-corrected chi connectivity index (χ0v) is 16.8. The number of thiophene rings is 1. The first-order valence-corrected chi connectivity index (χ1v) is 10.5. The summed E-state index contributed by atoms with van der Waals surface area (Å²) in [5.41, 5.74) is -0.289. The Morgan fingerprint density at radius 3 is 2.47 bits per heavy atom. The van der Waals surface area contributed by atoms with Gasteiger partial charge in [-0.15, -0.1) is 11.3 Å². The summed E-state index contributed by atoms with van der Waals surface area (Å²) in [7, 11) is -3.03. The van der Waals surface area contributed by atoms with Gasteiger partial charge < -0.3 is 20.3 Å². The number of hydrogen-bond acceptors (Lipinski definition) is 10. The lowest BCUT2D eigenvalue weighted by atomic mass is 10.2. The highest BCUT2D eigenvalue weighted by Crippen LogP contribution is 2.34. The molecule has 0 atom stereocenters. The highest BCUT2D eigenvalue weighted by Gasteiger charge is 2.23. The molecular weight excluding hydrogens is 436 g/mol. The van der Waals surface area contributed by atoms with E-state index in [9.17, 15) is 28.2 Å². The van der Waals surface area contributed by atoms with Crippen LogP contribution in [0.1, 0.15) is 10.5 Å². The molecule has 0 fully saturated rings. The van der Waals surface area contributed by atoms with Gasteiger partial charge in [0.05, 0.1) is 23.3 Å². The van der Waals surface area contributed by atoms with Gasteiger partial charge in [-0.1, -0.05) is 18.2 Å². The predicted molar refractivity (Wildman–Crippen MR) is 106 cm³/mol. The molecule has 1 aromatic carbocycles. The Labute approximate surface area is 174 Å². The molecule has 0 aliphatic rings. The molecule has 4 N–H and O–H groups in total. The number of anilines is 1. The van der Waals surface area contributed by atoms with Crippen LogP contribution in [0.15, 0.2) is 46.0 Å². The highest BCUT2D eigenvalue weighted by atomic mass is 32.2. The van der Waals surface area contributed by atoms with Crippen LogP contribution in [0.5, 0.6) is 11.6 Å². The molecule has 0 saturated carbocycles. The number of urea groups is 1. The second-order valence-corrected chi connectivity index (χ2v) is 8.06. The molecule has 2 heterocycles. The Bertz CT molecular complexity index is 1210. The van der Waals surface area contributed by atoms with E-state index in [1.165, 1.54) is 35.0 Å². The van der Waals surface area contributed by atoms with Gasteiger partial charge in [0, 0.05) is 10.8 Å². The van der Waals surface area contributed by atoms with Crippen molar-refractivity contribution in [2.45, 2.75) is 4.90 Å². The lowest BCUT2D eigenvalue weighted by Gasteiger charge is -2.10. The predicted octanol–water partition coefficient (Wildman–Crippen LogP) is 1.91. The standard InChI is InChI=1S/C17H14N4O7S2/c1-28-16(24)12-13(22)15(23)20-14(19-12)10-7-29-8-11(10)18-17(25)21-30(26,27)9-5-3-2-4-6-9/h2-8,22H,1H3,(H2,18,21,25)(H,19,20,23). The number of nitrogens with one attached hydrogen (secondary N) is 2. The third-order valence-corrected chi connectivity index (χ3v) is 5.77. The number of rotatable bonds is 5. The van der Waals surface area contributed by atoms with Crippen molar-refractivity contribution in [2.24, 2.45) is 0 Å². The first-order valence-electron chi connectivity index (χ1n) is 8.06. The van der Waals surface area contributed by atoms with E-state index in [1.54, 1.807) is 6.07 Å². The van der Waals surface area contributed by atoms with Crippen LogP contribution in [0.25, 0.3) is 11.4 Å². The zero-order valence-electron chi connectivity index (χ0n) is 15.2. The van der Waals surface area contributed by atoms with Crippen molar-refractivity contribution in [2.75, 3.05) is 12.4 Å². The van der Waals surface area contributed by atoms with Crippen molar-refractivity contribution in [1.82, 2.24) is 14.7 Å². The monoisotopic (exact) mass is 450 g/mol. The van der Waals surface area contributed by atoms with Crippen LogP contribution < -0.4 is 10.0 Å². The Morgan fingerprint density at radius 2 is 1.80 bits per heavy atom. The number of methoxy groups -OCH3 is 1. The highest BCUT2D eigenvalue weighted by molar-refractivity contribution is 7.90. The van der Waals surface area contributed by atoms with Gasteiger partial charge in [-0.3, -0.25) is 0 Å². The van der Waals surface area contributed by atoms with Gasteiger partial charge in [0.1, 0.15) is 0 Å². The molecule has 0 spiro atoms. The molecule has 3 aromatic rings. The summed E-state index contributed by atoms with van der Waals surface area (Å²) in [4.78, 5) is 31.4. The molecular formula is C17H14N4O7S2. The van der Waals surface area contributed by atoms with Crippen molar-refractivity contribution >= 4 is 39.0 Å². The van der Waals surface area contributed by atoms with Crippen molar-refractivity contribution in [1.29, 1.82) is 0 Å². The molecule has 0 radical (unpaired) electrons. The van der Waals surface area contributed by atoms with Crippen LogP contribution in [0.2, 0.25) is 0 Å². The Kier molecular flexibility index (Phi) is 5.84. The van der Waals surface area contributed by atoms with Crippen LogP contribution in [0, 0.1) is 0 Å². The summed E-state index contributed by atoms with van der Waals surface area (Å²) in [5, 5.41) is 24.9. The minimum absolute atomic E-state index is 0.0970. The second kappa shape index (κ2) is 8.34. The van der Waals surface area contributed by atoms with Gasteiger partial charge >= 0.3 is 12.0 Å². The van der Waals surface area contributed by atoms with E-state index < -0.39 is 39.3 Å². The van der Waals surface area contributed by atoms with Gasteiger partial charge in [0.2, 0.25) is 5.75 Å². The minimum atomic E-state index is -4.10. The molecule has 0 aliphatic heterocycles. The molecule has 11 nitrogen and oxygen atoms in total. The molecule has 0 unspecified atom stereocenters. The fraction of sp³-hybridized carbons (Fsp3) is 0.0588. The number of aromatic hydroxyl groups is 2. The minimum Gasteiger partial charge on any atom is -0.501 e. The number of amides is 2. The third-order valence-electron chi connectivity index (χ3n) is 3.68. The maximum Gasteiger partial charge on any atom is 0.360 e. The average Bonchev–Trinajstić information content (AvgIpc) is 3.17. The number of nitrogens with zero attached hydrogens (tertiary/aromatic N) is 2. The summed E-state index contributed by atoms with van der Waals surface area (Å²) in [6.45, 7) is 0. The molecule has 30 heavy (non-hydrogen) atoms. The molecule has 2 aromatic heterocycles. The van der Waals surface area contributed by atoms with E-state index in [1.807, 2.05) is 4.72 Å². The Balaban J connectivity index is 1.87. The lowest BCUT2D eigenvalue weighted by molar-refractivity contribution is 0.0589. The van der Waals surface area contributed by atoms with E-state index in [2.05, 4.69) is 20.0 Å². The number of hydrogen-bond donors (Lipinski definition) is 4. The number of benzene rings is 1. The molecule has 0 bridgehead atoms. The number of aromatic nitrogens is 2. The quantitative estimate of drug-likeness (QED) is 0.424. The van der Waals surface area contributed by atoms with E-state index in [0.29, 0.717) is 0 Å². The number of carbonyl (C=O) groups is 2. The van der Waals surface area contributed by atoms with E-state index >= 15 is 0 Å². The van der Waals surface area contributed by atoms with E-state index in [4.69, 9.17) is 0 Å². The maximum atomic E-state index is 12.3. The van der Waals surface area contributed by atoms with Crippen molar-refractivity contribution in [3.8, 4) is 23.0 Å². The summed E-state index contributed by atoms with van der Waals surface area (Å²) >= 11 is 1.12. The largest absolute Gasteiger partial charge is 0.501 e. The number of ether oxygens (including phenoxy) is 1. The normalized spacial score (nSPS) is 11.0. The number of carbonyl (C=O) groups excluding carboxylic acids is 2. The fourth-order valence-corrected chi connectivity index (χ4v) is 3.98. The number of sulfonamides is 1. The van der Waals surface area contributed by atoms with Crippen molar-refractivity contribution in [3.63, 3.8) is 0 Å². The lowest BCUT2D eigenvalue weighted by Crippen LogP contribution is -2.34. The third kappa shape index (κ3) is 4.31. The molecule has 2 amide bonds. The molecule has 3 rings (SSSR count). The second-order valence-electron chi connectivity index (χ2n) is 5.63. The Morgan fingerprint density at radius 1 is 1.10 bits per heavy atom. The molecule has 0 aliphatic carbocycles. The first-order chi connectivity index (χ1) is 14.2. The summed E-state index contributed by atoms with van der Waals surface area (Å²) < 4.78 is 30.9. The summed E-state index contributed by atoms with van der Waals surface area (Å²) in [6.07, 6.45) is 0. The van der Waals surface area contributed by atoms with Gasteiger partial charge in [0.25, 0.3) is 15.9 Å². The number of esters is 1. The van der Waals surface area contributed by atoms with Crippen LogP contribution in [0.4, 0.5) is 10.5 Å². The maximum absolute atomic E-state index is 12.3. The molecule has 0 saturated heterocycles. The van der Waals surface area contributed by atoms with Crippen molar-refractivity contribution in [3.05, 3.63) is 46.8 Å². The SMILES string of the molecule is COC(=O)c1nc(-c2cscc2NC(=O)NS(=O)(=O)c2ccccc2)nc(O)c1O. The van der Waals surface area contributed by atoms with Gasteiger partial charge in [-0.25, -0.2) is 27.7 Å². The van der Waals surface area contributed by atoms with Crippen molar-refractivity contribution < 1.29 is 33.0 Å². The van der Waals surface area contributed by atoms with Gasteiger partial charge in [-0.05, 0) is 12.1 Å². The van der Waals surface area contributed by atoms with Crippen LogP contribution in [0.3, 0.4) is 0 Å². The van der Waals surface area contributed by atoms with Crippen LogP contribution in [-0.4, -0.2) is 47.7 Å². The molecule has 156 valence electrons. The van der Waals surface area contributed by atoms with Crippen LogP contribution >= 0.6 is 11.3 Å². The zero-order chi connectivity index (χ0) is 21.9. The smallest absolute Gasteiger partial charge is 0.360 e. The summed E-state index contributed by atoms with van der Waals surface area (Å²) in [6, 6.07) is 6.26. The van der Waals surface area contributed by atoms with Crippen LogP contribution in [-0.2, 0) is 14.8 Å². The van der Waals surface area contributed by atoms with Gasteiger partial charge in [-0.2, -0.15) is 4.98 Å². The molecule has 13 heteroatoms. The summed E-state index contributed by atoms with van der Waals surface area (Å²) in [5.74, 6) is -2.94. The Hall–Kier alpha value is -3.71. The van der Waals surface area contributed by atoms with E-state index in [-0.39, 0.29) is 22.0 Å². The first kappa shape index (κ1) is 21.0. The van der Waals surface area contributed by atoms with Gasteiger partial charge in [0.15, 0.2) is 11.5 Å².